The Bertz CT molecular complexity index is 592. The van der Waals surface area contributed by atoms with Crippen LogP contribution in [0.4, 0.5) is 5.69 Å². The zero-order chi connectivity index (χ0) is 20.9. The summed E-state index contributed by atoms with van der Waals surface area (Å²) in [5, 5.41) is 10.2. The van der Waals surface area contributed by atoms with Crippen molar-refractivity contribution in [2.24, 2.45) is 10.9 Å². The second kappa shape index (κ2) is 15.7. The molecule has 0 saturated carbocycles. The highest BCUT2D eigenvalue weighted by Gasteiger charge is 2.23. The van der Waals surface area contributed by atoms with Crippen LogP contribution in [0.15, 0.2) is 29.3 Å². The number of rotatable bonds is 11. The lowest BCUT2D eigenvalue weighted by molar-refractivity contribution is 0.00752. The molecule has 30 heavy (non-hydrogen) atoms. The predicted molar refractivity (Wildman–Crippen MR) is 136 cm³/mol. The maximum Gasteiger partial charge on any atom is 0.191 e. The molecule has 1 aliphatic rings. The van der Waals surface area contributed by atoms with Crippen LogP contribution < -0.4 is 16.0 Å². The second-order valence-corrected chi connectivity index (χ2v) is 7.65. The largest absolute Gasteiger partial charge is 0.383 e. The molecule has 8 heteroatoms. The Morgan fingerprint density at radius 2 is 1.87 bits per heavy atom. The molecule has 172 valence electrons. The van der Waals surface area contributed by atoms with Crippen molar-refractivity contribution in [1.29, 1.82) is 0 Å². The lowest BCUT2D eigenvalue weighted by Gasteiger charge is -2.37. The molecule has 1 aromatic carbocycles. The van der Waals surface area contributed by atoms with Gasteiger partial charge >= 0.3 is 0 Å². The molecule has 1 aliphatic heterocycles. The molecule has 0 spiro atoms. The number of nitrogens with one attached hydrogen (secondary N) is 3. The number of aliphatic imine (C=N–C) groups is 1. The van der Waals surface area contributed by atoms with Crippen LogP contribution in [0.1, 0.15) is 26.3 Å². The topological polar surface area (TPSA) is 70.2 Å². The highest BCUT2D eigenvalue weighted by atomic mass is 127. The summed E-state index contributed by atoms with van der Waals surface area (Å²) >= 11 is 0. The summed E-state index contributed by atoms with van der Waals surface area (Å²) in [5.41, 5.74) is 2.29. The van der Waals surface area contributed by atoms with Crippen LogP contribution in [0, 0.1) is 5.92 Å². The summed E-state index contributed by atoms with van der Waals surface area (Å²) in [6.45, 7) is 14.2. The molecule has 0 aromatic heterocycles. The van der Waals surface area contributed by atoms with E-state index < -0.39 is 0 Å². The van der Waals surface area contributed by atoms with Crippen molar-refractivity contribution in [3.05, 3.63) is 29.8 Å². The van der Waals surface area contributed by atoms with Crippen molar-refractivity contribution in [3.8, 4) is 0 Å². The first-order valence-corrected chi connectivity index (χ1v) is 10.8. The number of halogens is 1. The maximum absolute atomic E-state index is 5.51. The predicted octanol–water partition coefficient (Wildman–Crippen LogP) is 2.77. The van der Waals surface area contributed by atoms with Gasteiger partial charge in [0.2, 0.25) is 0 Å². The van der Waals surface area contributed by atoms with E-state index in [9.17, 15) is 0 Å². The minimum absolute atomic E-state index is 0. The van der Waals surface area contributed by atoms with Gasteiger partial charge in [0.05, 0.1) is 26.4 Å². The Hall–Kier alpha value is -1.10. The van der Waals surface area contributed by atoms with Gasteiger partial charge in [0.25, 0.3) is 0 Å². The van der Waals surface area contributed by atoms with Gasteiger partial charge in [0.1, 0.15) is 0 Å². The van der Waals surface area contributed by atoms with E-state index in [0.29, 0.717) is 25.1 Å². The number of benzene rings is 1. The third-order valence-corrected chi connectivity index (χ3v) is 5.12. The molecule has 1 atom stereocenters. The van der Waals surface area contributed by atoms with Crippen LogP contribution in [0.3, 0.4) is 0 Å². The molecule has 2 rings (SSSR count). The van der Waals surface area contributed by atoms with E-state index in [1.54, 1.807) is 7.11 Å². The first-order chi connectivity index (χ1) is 14.1. The quantitative estimate of drug-likeness (QED) is 0.176. The van der Waals surface area contributed by atoms with Crippen LogP contribution in [-0.4, -0.2) is 76.6 Å². The van der Waals surface area contributed by atoms with E-state index in [0.717, 1.165) is 57.6 Å². The highest BCUT2D eigenvalue weighted by molar-refractivity contribution is 14.0. The fraction of sp³-hybridized carbons (Fsp3) is 0.682. The van der Waals surface area contributed by atoms with Crippen LogP contribution in [0.25, 0.3) is 0 Å². The first-order valence-electron chi connectivity index (χ1n) is 10.8. The fourth-order valence-corrected chi connectivity index (χ4v) is 3.43. The summed E-state index contributed by atoms with van der Waals surface area (Å²) < 4.78 is 10.6. The number of morpholine rings is 1. The Kier molecular flexibility index (Phi) is 14.1. The highest BCUT2D eigenvalue weighted by Crippen LogP contribution is 2.13. The second-order valence-electron chi connectivity index (χ2n) is 7.65. The van der Waals surface area contributed by atoms with Gasteiger partial charge in [-0.15, -0.1) is 24.0 Å². The van der Waals surface area contributed by atoms with Gasteiger partial charge in [-0.05, 0) is 30.5 Å². The van der Waals surface area contributed by atoms with Crippen molar-refractivity contribution in [2.45, 2.75) is 33.4 Å². The van der Waals surface area contributed by atoms with Crippen LogP contribution in [-0.2, 0) is 16.0 Å². The van der Waals surface area contributed by atoms with Gasteiger partial charge in [-0.25, -0.2) is 4.99 Å². The normalized spacial score (nSPS) is 16.1. The van der Waals surface area contributed by atoms with Gasteiger partial charge < -0.3 is 25.4 Å². The Morgan fingerprint density at radius 1 is 1.17 bits per heavy atom. The van der Waals surface area contributed by atoms with E-state index in [4.69, 9.17) is 14.5 Å². The van der Waals surface area contributed by atoms with E-state index in [2.05, 4.69) is 65.9 Å². The van der Waals surface area contributed by atoms with Crippen molar-refractivity contribution < 1.29 is 9.47 Å². The molecule has 3 N–H and O–H groups in total. The summed E-state index contributed by atoms with van der Waals surface area (Å²) in [7, 11) is 1.71. The number of anilines is 1. The van der Waals surface area contributed by atoms with Crippen molar-refractivity contribution >= 4 is 35.6 Å². The number of hydrogen-bond donors (Lipinski definition) is 3. The van der Waals surface area contributed by atoms with Gasteiger partial charge in [-0.2, -0.15) is 0 Å². The molecule has 0 bridgehead atoms. The van der Waals surface area contributed by atoms with E-state index in [1.165, 1.54) is 5.56 Å². The summed E-state index contributed by atoms with van der Waals surface area (Å²) in [4.78, 5) is 7.30. The average molecular weight is 533 g/mol. The molecule has 1 heterocycles. The molecular formula is C22H40IN5O2. The lowest BCUT2D eigenvalue weighted by Crippen LogP contribution is -2.52. The standard InChI is InChI=1S/C22H39N5O2.HI/c1-5-23-22(26-17-21(18(2)3)27-11-14-29-15-12-27)25-16-19-6-8-20(9-7-19)24-10-13-28-4;/h6-9,18,21,24H,5,10-17H2,1-4H3,(H2,23,25,26);1H. The fourth-order valence-electron chi connectivity index (χ4n) is 3.43. The monoisotopic (exact) mass is 533 g/mol. The van der Waals surface area contributed by atoms with E-state index >= 15 is 0 Å². The minimum Gasteiger partial charge on any atom is -0.383 e. The summed E-state index contributed by atoms with van der Waals surface area (Å²) in [6, 6.07) is 8.89. The van der Waals surface area contributed by atoms with E-state index in [-0.39, 0.29) is 24.0 Å². The Balaban J connectivity index is 0.00000450. The van der Waals surface area contributed by atoms with Crippen molar-refractivity contribution in [1.82, 2.24) is 15.5 Å². The van der Waals surface area contributed by atoms with Crippen LogP contribution >= 0.6 is 24.0 Å². The van der Waals surface area contributed by atoms with Crippen LogP contribution in [0.2, 0.25) is 0 Å². The van der Waals surface area contributed by atoms with Crippen molar-refractivity contribution in [2.75, 3.05) is 65.0 Å². The van der Waals surface area contributed by atoms with Gasteiger partial charge in [0.15, 0.2) is 5.96 Å². The molecule has 1 unspecified atom stereocenters. The zero-order valence-electron chi connectivity index (χ0n) is 18.9. The summed E-state index contributed by atoms with van der Waals surface area (Å²) in [6.07, 6.45) is 0. The van der Waals surface area contributed by atoms with E-state index in [1.807, 2.05) is 0 Å². The Labute approximate surface area is 199 Å². The van der Waals surface area contributed by atoms with Crippen molar-refractivity contribution in [3.63, 3.8) is 0 Å². The smallest absolute Gasteiger partial charge is 0.191 e. The lowest BCUT2D eigenvalue weighted by atomic mass is 10.0. The third-order valence-electron chi connectivity index (χ3n) is 5.12. The van der Waals surface area contributed by atoms with Gasteiger partial charge in [-0.1, -0.05) is 26.0 Å². The molecule has 1 aromatic rings. The molecule has 0 aliphatic carbocycles. The average Bonchev–Trinajstić information content (AvgIpc) is 2.74. The molecule has 0 amide bonds. The van der Waals surface area contributed by atoms with Gasteiger partial charge in [-0.3, -0.25) is 4.90 Å². The first kappa shape index (κ1) is 26.9. The summed E-state index contributed by atoms with van der Waals surface area (Å²) in [5.74, 6) is 1.44. The SMILES string of the molecule is CCNC(=NCc1ccc(NCCOC)cc1)NCC(C(C)C)N1CCOCC1.I. The molecule has 1 saturated heterocycles. The number of hydrogen-bond acceptors (Lipinski definition) is 5. The van der Waals surface area contributed by atoms with Gasteiger partial charge in [0, 0.05) is 51.6 Å². The molecule has 1 fully saturated rings. The number of guanidine groups is 1. The number of nitrogens with zero attached hydrogens (tertiary/aromatic N) is 2. The third kappa shape index (κ3) is 9.80. The maximum atomic E-state index is 5.51. The number of ether oxygens (including phenoxy) is 2. The number of methoxy groups -OCH3 is 1. The van der Waals surface area contributed by atoms with Crippen LogP contribution in [0.5, 0.6) is 0 Å². The zero-order valence-corrected chi connectivity index (χ0v) is 21.3. The molecule has 0 radical (unpaired) electrons. The Morgan fingerprint density at radius 3 is 2.47 bits per heavy atom. The minimum atomic E-state index is 0. The molecule has 7 nitrogen and oxygen atoms in total. The molecular weight excluding hydrogens is 493 g/mol.